The Morgan fingerprint density at radius 1 is 1.35 bits per heavy atom. The van der Waals surface area contributed by atoms with Crippen molar-refractivity contribution >= 4 is 5.82 Å². The molecule has 0 aliphatic heterocycles. The lowest BCUT2D eigenvalue weighted by atomic mass is 10.0. The Kier molecular flexibility index (Phi) is 5.19. The second kappa shape index (κ2) is 6.42. The van der Waals surface area contributed by atoms with Gasteiger partial charge in [0, 0.05) is 12.1 Å². The van der Waals surface area contributed by atoms with Gasteiger partial charge in [-0.25, -0.2) is 4.98 Å². The third-order valence-electron chi connectivity index (χ3n) is 2.67. The van der Waals surface area contributed by atoms with Crippen molar-refractivity contribution in [3.8, 4) is 0 Å². The molecule has 4 heteroatoms. The molecule has 0 fully saturated rings. The van der Waals surface area contributed by atoms with Crippen LogP contribution in [0.4, 0.5) is 5.82 Å². The highest BCUT2D eigenvalue weighted by molar-refractivity contribution is 5.33. The molecular formula is C13H23N3O. The van der Waals surface area contributed by atoms with Crippen LogP contribution in [0.2, 0.25) is 0 Å². The van der Waals surface area contributed by atoms with Crippen molar-refractivity contribution in [2.45, 2.75) is 53.0 Å². The van der Waals surface area contributed by atoms with Crippen molar-refractivity contribution in [2.24, 2.45) is 5.92 Å². The summed E-state index contributed by atoms with van der Waals surface area (Å²) in [6.45, 7) is 8.38. The zero-order chi connectivity index (χ0) is 12.8. The van der Waals surface area contributed by atoms with Gasteiger partial charge in [-0.1, -0.05) is 26.7 Å². The minimum atomic E-state index is -0.102. The number of hydrogen-bond acceptors (Lipinski definition) is 3. The minimum Gasteiger partial charge on any atom is -0.367 e. The first-order chi connectivity index (χ1) is 7.97. The van der Waals surface area contributed by atoms with Gasteiger partial charge in [-0.3, -0.25) is 4.79 Å². The summed E-state index contributed by atoms with van der Waals surface area (Å²) in [5, 5.41) is 3.27. The Morgan fingerprint density at radius 3 is 2.65 bits per heavy atom. The van der Waals surface area contributed by atoms with Crippen molar-refractivity contribution in [1.29, 1.82) is 0 Å². The van der Waals surface area contributed by atoms with E-state index in [1.807, 2.05) is 0 Å². The summed E-state index contributed by atoms with van der Waals surface area (Å²) in [5.41, 5.74) is -0.102. The third-order valence-corrected chi connectivity index (χ3v) is 2.67. The fraction of sp³-hybridized carbons (Fsp3) is 0.692. The molecular weight excluding hydrogens is 214 g/mol. The molecule has 2 N–H and O–H groups in total. The summed E-state index contributed by atoms with van der Waals surface area (Å²) in [7, 11) is 0. The van der Waals surface area contributed by atoms with Crippen LogP contribution in [0, 0.1) is 12.8 Å². The van der Waals surface area contributed by atoms with Crippen LogP contribution in [-0.4, -0.2) is 16.0 Å². The van der Waals surface area contributed by atoms with E-state index in [0.717, 1.165) is 12.3 Å². The van der Waals surface area contributed by atoms with Crippen LogP contribution in [0.1, 0.15) is 45.9 Å². The monoisotopic (exact) mass is 237 g/mol. The van der Waals surface area contributed by atoms with Gasteiger partial charge in [-0.05, 0) is 26.2 Å². The van der Waals surface area contributed by atoms with Crippen molar-refractivity contribution in [3.05, 3.63) is 22.2 Å². The summed E-state index contributed by atoms with van der Waals surface area (Å²) in [6.07, 6.45) is 3.55. The van der Waals surface area contributed by atoms with Gasteiger partial charge in [0.1, 0.15) is 11.6 Å². The highest BCUT2D eigenvalue weighted by atomic mass is 16.1. The first-order valence-corrected chi connectivity index (χ1v) is 6.32. The molecule has 1 aromatic rings. The number of anilines is 1. The van der Waals surface area contributed by atoms with Crippen LogP contribution in [0.15, 0.2) is 10.9 Å². The molecule has 1 atom stereocenters. The van der Waals surface area contributed by atoms with Crippen LogP contribution in [0.25, 0.3) is 0 Å². The lowest BCUT2D eigenvalue weighted by molar-refractivity contribution is 0.520. The molecule has 0 saturated heterocycles. The summed E-state index contributed by atoms with van der Waals surface area (Å²) >= 11 is 0. The lowest BCUT2D eigenvalue weighted by Gasteiger charge is -2.15. The molecule has 0 radical (unpaired) electrons. The van der Waals surface area contributed by atoms with Gasteiger partial charge in [0.25, 0.3) is 5.56 Å². The average Bonchev–Trinajstić information content (AvgIpc) is 2.14. The molecule has 1 aromatic heterocycles. The molecule has 0 aliphatic rings. The van der Waals surface area contributed by atoms with Crippen molar-refractivity contribution in [2.75, 3.05) is 5.32 Å². The maximum Gasteiger partial charge on any atom is 0.252 e. The first kappa shape index (κ1) is 13.7. The molecule has 1 heterocycles. The Hall–Kier alpha value is -1.32. The van der Waals surface area contributed by atoms with Gasteiger partial charge in [0.2, 0.25) is 0 Å². The van der Waals surface area contributed by atoms with Crippen molar-refractivity contribution < 1.29 is 0 Å². The Balaban J connectivity index is 2.44. The molecule has 1 rings (SSSR count). The number of hydrogen-bond donors (Lipinski definition) is 2. The minimum absolute atomic E-state index is 0.102. The van der Waals surface area contributed by atoms with Crippen LogP contribution in [0.5, 0.6) is 0 Å². The molecule has 1 unspecified atom stereocenters. The topological polar surface area (TPSA) is 57.8 Å². The number of aromatic amines is 1. The van der Waals surface area contributed by atoms with Gasteiger partial charge < -0.3 is 10.3 Å². The quantitative estimate of drug-likeness (QED) is 0.799. The van der Waals surface area contributed by atoms with Gasteiger partial charge >= 0.3 is 0 Å². The van der Waals surface area contributed by atoms with E-state index in [9.17, 15) is 4.79 Å². The zero-order valence-corrected chi connectivity index (χ0v) is 11.2. The number of rotatable bonds is 6. The lowest BCUT2D eigenvalue weighted by Crippen LogP contribution is -2.19. The van der Waals surface area contributed by atoms with Crippen LogP contribution in [0.3, 0.4) is 0 Å². The fourth-order valence-electron chi connectivity index (χ4n) is 1.81. The predicted molar refractivity (Wildman–Crippen MR) is 71.4 cm³/mol. The Morgan fingerprint density at radius 2 is 2.06 bits per heavy atom. The normalized spacial score (nSPS) is 12.8. The highest BCUT2D eigenvalue weighted by Crippen LogP contribution is 2.11. The molecule has 17 heavy (non-hydrogen) atoms. The molecule has 0 bridgehead atoms. The Labute approximate surface area is 103 Å². The van der Waals surface area contributed by atoms with Crippen molar-refractivity contribution in [3.63, 3.8) is 0 Å². The molecule has 0 aliphatic carbocycles. The van der Waals surface area contributed by atoms with E-state index >= 15 is 0 Å². The van der Waals surface area contributed by atoms with E-state index in [1.165, 1.54) is 18.9 Å². The van der Waals surface area contributed by atoms with Crippen LogP contribution >= 0.6 is 0 Å². The standard InChI is InChI=1S/C13H23N3O/c1-9(2)6-5-7-10(3)14-12-8-13(17)16-11(4)15-12/h8-10H,5-7H2,1-4H3,(H2,14,15,16,17). The van der Waals surface area contributed by atoms with Crippen LogP contribution in [-0.2, 0) is 0 Å². The first-order valence-electron chi connectivity index (χ1n) is 6.32. The largest absolute Gasteiger partial charge is 0.367 e. The highest BCUT2D eigenvalue weighted by Gasteiger charge is 2.05. The molecule has 0 saturated carbocycles. The number of H-pyrrole nitrogens is 1. The summed E-state index contributed by atoms with van der Waals surface area (Å²) < 4.78 is 0. The van der Waals surface area contributed by atoms with E-state index in [-0.39, 0.29) is 5.56 Å². The number of nitrogens with zero attached hydrogens (tertiary/aromatic N) is 1. The Bertz CT molecular complexity index is 398. The fourth-order valence-corrected chi connectivity index (χ4v) is 1.81. The predicted octanol–water partition coefficient (Wildman–Crippen LogP) is 2.71. The molecule has 0 amide bonds. The van der Waals surface area contributed by atoms with Gasteiger partial charge in [-0.2, -0.15) is 0 Å². The molecule has 0 aromatic carbocycles. The second-order valence-electron chi connectivity index (χ2n) is 5.09. The van der Waals surface area contributed by atoms with Gasteiger partial charge in [0.15, 0.2) is 0 Å². The third kappa shape index (κ3) is 5.52. The number of nitrogens with one attached hydrogen (secondary N) is 2. The second-order valence-corrected chi connectivity index (χ2v) is 5.09. The maximum absolute atomic E-state index is 11.3. The average molecular weight is 237 g/mol. The zero-order valence-electron chi connectivity index (χ0n) is 11.2. The maximum atomic E-state index is 11.3. The molecule has 0 spiro atoms. The number of aryl methyl sites for hydroxylation is 1. The van der Waals surface area contributed by atoms with E-state index < -0.39 is 0 Å². The van der Waals surface area contributed by atoms with E-state index in [0.29, 0.717) is 17.7 Å². The van der Waals surface area contributed by atoms with Gasteiger partial charge in [0.05, 0.1) is 0 Å². The van der Waals surface area contributed by atoms with Crippen molar-refractivity contribution in [1.82, 2.24) is 9.97 Å². The van der Waals surface area contributed by atoms with E-state index in [2.05, 4.69) is 36.1 Å². The number of aromatic nitrogens is 2. The van der Waals surface area contributed by atoms with Gasteiger partial charge in [-0.15, -0.1) is 0 Å². The summed E-state index contributed by atoms with van der Waals surface area (Å²) in [6, 6.07) is 1.86. The summed E-state index contributed by atoms with van der Waals surface area (Å²) in [4.78, 5) is 18.1. The van der Waals surface area contributed by atoms with E-state index in [1.54, 1.807) is 6.92 Å². The van der Waals surface area contributed by atoms with Crippen LogP contribution < -0.4 is 10.9 Å². The van der Waals surface area contributed by atoms with E-state index in [4.69, 9.17) is 0 Å². The SMILES string of the molecule is Cc1nc(NC(C)CCCC(C)C)cc(=O)[nH]1. The smallest absolute Gasteiger partial charge is 0.252 e. The summed E-state index contributed by atoms with van der Waals surface area (Å²) in [5.74, 6) is 2.07. The molecule has 96 valence electrons. The molecule has 4 nitrogen and oxygen atoms in total.